The van der Waals surface area contributed by atoms with Gasteiger partial charge in [0.05, 0.1) is 12.2 Å². The van der Waals surface area contributed by atoms with E-state index in [0.717, 1.165) is 22.3 Å². The van der Waals surface area contributed by atoms with Gasteiger partial charge in [0, 0.05) is 18.8 Å². The number of aliphatic carboxylic acids is 1. The number of hydrogen-bond donors (Lipinski definition) is 6. The number of ether oxygens (including phenoxy) is 4. The highest BCUT2D eigenvalue weighted by molar-refractivity contribution is 5.96. The van der Waals surface area contributed by atoms with Crippen LogP contribution in [0.1, 0.15) is 118 Å². The Morgan fingerprint density at radius 2 is 1.16 bits per heavy atom. The lowest BCUT2D eigenvalue weighted by atomic mass is 9.98. The van der Waals surface area contributed by atoms with Crippen molar-refractivity contribution in [2.24, 2.45) is 5.92 Å². The number of carbonyl (C=O) groups is 7. The molecule has 0 fully saturated rings. The highest BCUT2D eigenvalue weighted by atomic mass is 16.6. The number of fused-ring (bicyclic) bond motifs is 3. The standard InChI is InChI=1S/C52H71N5O12/c1-31(2)26-40(46(62)54-39(45(61)53-28-43(58)59)24-25-44(60)69-52(9,10)11)55-47(63)41(27-32-20-22-33(23-21-32)68-51(6,7)8)56-48(64)42(30-67-50(3,4)5)57-49(65)66-29-38-36-18-14-12-16-34(36)35-17-13-15-19-37(35)38/h12-23,31,38-42H,24-30H2,1-11H3,(H,53,61)(H,54,62)(H,55,63)(H,56,64)(H,57,65)(H,58,59)/t39-,40-,41-,42-/m0/s1. The third kappa shape index (κ3) is 18.5. The van der Waals surface area contributed by atoms with E-state index in [1.54, 1.807) is 65.8 Å². The van der Waals surface area contributed by atoms with E-state index < -0.39 is 89.2 Å². The van der Waals surface area contributed by atoms with E-state index in [2.05, 4.69) is 26.6 Å². The summed E-state index contributed by atoms with van der Waals surface area (Å²) in [7, 11) is 0. The molecule has 3 aromatic carbocycles. The van der Waals surface area contributed by atoms with E-state index in [-0.39, 0.29) is 50.7 Å². The molecule has 0 unspecified atom stereocenters. The Balaban J connectivity index is 1.60. The molecular weight excluding hydrogens is 887 g/mol. The number of carboxylic acid groups (broad SMARTS) is 1. The van der Waals surface area contributed by atoms with Crippen molar-refractivity contribution in [2.75, 3.05) is 19.8 Å². The van der Waals surface area contributed by atoms with Crippen LogP contribution >= 0.6 is 0 Å². The smallest absolute Gasteiger partial charge is 0.407 e. The fourth-order valence-corrected chi connectivity index (χ4v) is 7.52. The summed E-state index contributed by atoms with van der Waals surface area (Å²) in [5, 5.41) is 22.2. The number of hydrogen-bond acceptors (Lipinski definition) is 11. The largest absolute Gasteiger partial charge is 0.488 e. The maximum absolute atomic E-state index is 14.5. The third-order valence-corrected chi connectivity index (χ3v) is 10.5. The van der Waals surface area contributed by atoms with Crippen molar-refractivity contribution in [1.82, 2.24) is 26.6 Å². The van der Waals surface area contributed by atoms with Gasteiger partial charge in [0.25, 0.3) is 0 Å². The van der Waals surface area contributed by atoms with Crippen LogP contribution in [0.15, 0.2) is 72.8 Å². The van der Waals surface area contributed by atoms with Gasteiger partial charge in [-0.1, -0.05) is 74.5 Å². The predicted octanol–water partition coefficient (Wildman–Crippen LogP) is 5.95. The van der Waals surface area contributed by atoms with Crippen LogP contribution in [0.3, 0.4) is 0 Å². The van der Waals surface area contributed by atoms with Crippen LogP contribution in [0.4, 0.5) is 4.79 Å². The number of esters is 1. The molecule has 0 saturated carbocycles. The molecule has 0 radical (unpaired) electrons. The molecule has 0 bridgehead atoms. The molecule has 17 heteroatoms. The average Bonchev–Trinajstić information content (AvgIpc) is 3.56. The number of rotatable bonds is 22. The SMILES string of the molecule is CC(C)C[C@H](NC(=O)[C@H](Cc1ccc(OC(C)(C)C)cc1)NC(=O)[C@H](COC(C)(C)C)NC(=O)OCC1c2ccccc2-c2ccccc21)C(=O)N[C@@H](CCC(=O)OC(C)(C)C)C(=O)NCC(=O)O. The number of carboxylic acids is 1. The Kier molecular flexibility index (Phi) is 19.3. The van der Waals surface area contributed by atoms with Crippen LogP contribution < -0.4 is 31.3 Å². The van der Waals surface area contributed by atoms with Crippen LogP contribution in [-0.2, 0) is 49.4 Å². The molecule has 1 aliphatic rings. The Morgan fingerprint density at radius 3 is 1.70 bits per heavy atom. The number of benzene rings is 3. The minimum Gasteiger partial charge on any atom is -0.488 e. The summed E-state index contributed by atoms with van der Waals surface area (Å²) in [4.78, 5) is 93.7. The number of amides is 5. The molecule has 69 heavy (non-hydrogen) atoms. The van der Waals surface area contributed by atoms with Gasteiger partial charge in [0.1, 0.15) is 54.3 Å². The monoisotopic (exact) mass is 958 g/mol. The van der Waals surface area contributed by atoms with Crippen LogP contribution in [-0.4, -0.2) is 107 Å². The first-order valence-electron chi connectivity index (χ1n) is 23.3. The molecule has 3 aromatic rings. The van der Waals surface area contributed by atoms with Crippen molar-refractivity contribution in [3.05, 3.63) is 89.5 Å². The summed E-state index contributed by atoms with van der Waals surface area (Å²) in [6.07, 6.45) is -1.40. The first kappa shape index (κ1) is 55.1. The third-order valence-electron chi connectivity index (χ3n) is 10.5. The van der Waals surface area contributed by atoms with Crippen molar-refractivity contribution in [3.8, 4) is 16.9 Å². The molecule has 376 valence electrons. The van der Waals surface area contributed by atoms with E-state index in [4.69, 9.17) is 18.9 Å². The summed E-state index contributed by atoms with van der Waals surface area (Å²) in [6.45, 7) is 18.7. The molecule has 4 rings (SSSR count). The van der Waals surface area contributed by atoms with E-state index in [9.17, 15) is 38.7 Å². The molecule has 4 atom stereocenters. The van der Waals surface area contributed by atoms with Gasteiger partial charge in [0.15, 0.2) is 0 Å². The van der Waals surface area contributed by atoms with Gasteiger partial charge in [-0.05, 0) is 121 Å². The zero-order chi connectivity index (χ0) is 51.3. The van der Waals surface area contributed by atoms with Crippen LogP contribution in [0.5, 0.6) is 5.75 Å². The lowest BCUT2D eigenvalue weighted by molar-refractivity contribution is -0.155. The average molecular weight is 958 g/mol. The summed E-state index contributed by atoms with van der Waals surface area (Å²) in [6, 6.07) is 17.4. The summed E-state index contributed by atoms with van der Waals surface area (Å²) in [5.74, 6) is -5.01. The Labute approximate surface area is 405 Å². The molecule has 0 aromatic heterocycles. The lowest BCUT2D eigenvalue weighted by Gasteiger charge is -2.28. The highest BCUT2D eigenvalue weighted by Crippen LogP contribution is 2.44. The van der Waals surface area contributed by atoms with E-state index in [1.165, 1.54) is 0 Å². The molecule has 0 aliphatic heterocycles. The summed E-state index contributed by atoms with van der Waals surface area (Å²) in [5.41, 5.74) is 2.68. The van der Waals surface area contributed by atoms with Crippen LogP contribution in [0, 0.1) is 5.92 Å². The Morgan fingerprint density at radius 1 is 0.623 bits per heavy atom. The van der Waals surface area contributed by atoms with Gasteiger partial charge >= 0.3 is 18.0 Å². The van der Waals surface area contributed by atoms with Gasteiger partial charge < -0.3 is 50.6 Å². The second kappa shape index (κ2) is 24.2. The van der Waals surface area contributed by atoms with Gasteiger partial charge in [-0.25, -0.2) is 4.79 Å². The first-order chi connectivity index (χ1) is 32.2. The molecule has 17 nitrogen and oxygen atoms in total. The second-order valence-corrected chi connectivity index (χ2v) is 20.6. The van der Waals surface area contributed by atoms with Gasteiger partial charge in [-0.15, -0.1) is 0 Å². The van der Waals surface area contributed by atoms with E-state index in [0.29, 0.717) is 11.3 Å². The Hall–Kier alpha value is -6.49. The molecule has 5 amide bonds. The highest BCUT2D eigenvalue weighted by Gasteiger charge is 2.35. The maximum Gasteiger partial charge on any atom is 0.407 e. The van der Waals surface area contributed by atoms with Crippen molar-refractivity contribution in [1.29, 1.82) is 0 Å². The predicted molar refractivity (Wildman–Crippen MR) is 259 cm³/mol. The van der Waals surface area contributed by atoms with Crippen molar-refractivity contribution < 1.29 is 57.6 Å². The Bertz CT molecular complexity index is 2230. The number of carbonyl (C=O) groups excluding carboxylic acids is 6. The van der Waals surface area contributed by atoms with Gasteiger partial charge in [-0.2, -0.15) is 0 Å². The fraction of sp³-hybridized carbons (Fsp3) is 0.519. The number of nitrogens with one attached hydrogen (secondary N) is 5. The molecular formula is C52H71N5O12. The first-order valence-corrected chi connectivity index (χ1v) is 23.3. The van der Waals surface area contributed by atoms with E-state index in [1.807, 2.05) is 83.1 Å². The molecule has 0 heterocycles. The van der Waals surface area contributed by atoms with Gasteiger partial charge in [-0.3, -0.25) is 28.8 Å². The van der Waals surface area contributed by atoms with Crippen molar-refractivity contribution >= 4 is 41.7 Å². The van der Waals surface area contributed by atoms with Crippen molar-refractivity contribution in [3.63, 3.8) is 0 Å². The lowest BCUT2D eigenvalue weighted by Crippen LogP contribution is -2.59. The quantitative estimate of drug-likeness (QED) is 0.0641. The number of alkyl carbamates (subject to hydrolysis) is 1. The fourth-order valence-electron chi connectivity index (χ4n) is 7.52. The summed E-state index contributed by atoms with van der Waals surface area (Å²) >= 11 is 0. The normalized spacial score (nSPS) is 14.2. The maximum atomic E-state index is 14.5. The molecule has 0 spiro atoms. The molecule has 0 saturated heterocycles. The van der Waals surface area contributed by atoms with Crippen LogP contribution in [0.25, 0.3) is 11.1 Å². The molecule has 1 aliphatic carbocycles. The zero-order valence-electron chi connectivity index (χ0n) is 41.8. The zero-order valence-corrected chi connectivity index (χ0v) is 41.8. The summed E-state index contributed by atoms with van der Waals surface area (Å²) < 4.78 is 23.1. The van der Waals surface area contributed by atoms with E-state index >= 15 is 0 Å². The van der Waals surface area contributed by atoms with Gasteiger partial charge in [0.2, 0.25) is 23.6 Å². The topological polar surface area (TPSA) is 237 Å². The van der Waals surface area contributed by atoms with Crippen molar-refractivity contribution in [2.45, 2.75) is 149 Å². The minimum atomic E-state index is -1.38. The minimum absolute atomic E-state index is 0.0172. The van der Waals surface area contributed by atoms with Crippen LogP contribution in [0.2, 0.25) is 0 Å². The second-order valence-electron chi connectivity index (χ2n) is 20.6. The molecule has 6 N–H and O–H groups in total.